The predicted octanol–water partition coefficient (Wildman–Crippen LogP) is -0.267. The molecule has 1 aromatic carbocycles. The Kier molecular flexibility index (Phi) is 3.89. The van der Waals surface area contributed by atoms with E-state index in [2.05, 4.69) is 21.5 Å². The molecule has 2 heterocycles. The van der Waals surface area contributed by atoms with Crippen molar-refractivity contribution in [2.45, 2.75) is 12.5 Å². The maximum absolute atomic E-state index is 11.7. The zero-order valence-electron chi connectivity index (χ0n) is 11.1. The van der Waals surface area contributed by atoms with Crippen LogP contribution in [0.15, 0.2) is 18.2 Å². The standard InChI is InChI=1S/C13H18N4O3/c18-13(17-10-6-15-16-7-10)14-4-3-9-1-2-11-12(5-9)20-8-19-11/h1-2,5,10,15-16H,3-4,6-8H2,(H2,14,17,18). The Labute approximate surface area is 117 Å². The Hall–Kier alpha value is -1.99. The highest BCUT2D eigenvalue weighted by atomic mass is 16.7. The summed E-state index contributed by atoms with van der Waals surface area (Å²) in [7, 11) is 0. The average molecular weight is 278 g/mol. The van der Waals surface area contributed by atoms with Crippen LogP contribution in [0.2, 0.25) is 0 Å². The van der Waals surface area contributed by atoms with Crippen LogP contribution in [0.1, 0.15) is 5.56 Å². The third-order valence-corrected chi connectivity index (χ3v) is 3.29. The van der Waals surface area contributed by atoms with Gasteiger partial charge in [-0.3, -0.25) is 10.9 Å². The molecule has 3 rings (SSSR count). The molecule has 0 bridgehead atoms. The summed E-state index contributed by atoms with van der Waals surface area (Å²) in [5, 5.41) is 5.74. The van der Waals surface area contributed by atoms with Crippen LogP contribution in [0.3, 0.4) is 0 Å². The highest BCUT2D eigenvalue weighted by molar-refractivity contribution is 5.74. The van der Waals surface area contributed by atoms with Crippen molar-refractivity contribution in [3.63, 3.8) is 0 Å². The number of ether oxygens (including phenoxy) is 2. The molecule has 0 radical (unpaired) electrons. The van der Waals surface area contributed by atoms with E-state index in [0.29, 0.717) is 6.54 Å². The first-order valence-electron chi connectivity index (χ1n) is 6.70. The fourth-order valence-electron chi connectivity index (χ4n) is 2.22. The fourth-order valence-corrected chi connectivity index (χ4v) is 2.22. The van der Waals surface area contributed by atoms with E-state index in [0.717, 1.165) is 36.6 Å². The number of carbonyl (C=O) groups excluding carboxylic acids is 1. The number of hydrogen-bond acceptors (Lipinski definition) is 5. The molecule has 108 valence electrons. The van der Waals surface area contributed by atoms with Crippen LogP contribution < -0.4 is 31.0 Å². The topological polar surface area (TPSA) is 83.7 Å². The molecule has 2 amide bonds. The molecule has 0 saturated carbocycles. The van der Waals surface area contributed by atoms with Gasteiger partial charge in [-0.15, -0.1) is 0 Å². The Morgan fingerprint density at radius 1 is 1.25 bits per heavy atom. The second-order valence-electron chi connectivity index (χ2n) is 4.80. The van der Waals surface area contributed by atoms with E-state index >= 15 is 0 Å². The largest absolute Gasteiger partial charge is 0.454 e. The van der Waals surface area contributed by atoms with E-state index < -0.39 is 0 Å². The number of nitrogens with one attached hydrogen (secondary N) is 4. The molecule has 0 atom stereocenters. The minimum absolute atomic E-state index is 0.138. The highest BCUT2D eigenvalue weighted by Gasteiger charge is 2.16. The number of urea groups is 1. The first kappa shape index (κ1) is 13.0. The van der Waals surface area contributed by atoms with Gasteiger partial charge in [0.05, 0.1) is 6.04 Å². The van der Waals surface area contributed by atoms with Crippen LogP contribution in [-0.2, 0) is 6.42 Å². The summed E-state index contributed by atoms with van der Waals surface area (Å²) in [4.78, 5) is 11.7. The number of hydrazine groups is 1. The van der Waals surface area contributed by atoms with Gasteiger partial charge in [0.25, 0.3) is 0 Å². The normalized spacial score (nSPS) is 17.2. The lowest BCUT2D eigenvalue weighted by atomic mass is 10.1. The van der Waals surface area contributed by atoms with E-state index in [-0.39, 0.29) is 18.9 Å². The van der Waals surface area contributed by atoms with Gasteiger partial charge in [0.2, 0.25) is 6.79 Å². The second kappa shape index (κ2) is 5.98. The Morgan fingerprint density at radius 2 is 2.05 bits per heavy atom. The molecule has 7 heteroatoms. The summed E-state index contributed by atoms with van der Waals surface area (Å²) in [5.74, 6) is 1.55. The summed E-state index contributed by atoms with van der Waals surface area (Å²) >= 11 is 0. The first-order valence-corrected chi connectivity index (χ1v) is 6.70. The summed E-state index contributed by atoms with van der Waals surface area (Å²) in [6, 6.07) is 5.83. The van der Waals surface area contributed by atoms with Crippen molar-refractivity contribution in [3.8, 4) is 11.5 Å². The third-order valence-electron chi connectivity index (χ3n) is 3.29. The van der Waals surface area contributed by atoms with Gasteiger partial charge in [0, 0.05) is 19.6 Å². The number of rotatable bonds is 4. The molecular formula is C13H18N4O3. The van der Waals surface area contributed by atoms with Crippen LogP contribution in [0.4, 0.5) is 4.79 Å². The first-order chi connectivity index (χ1) is 9.81. The lowest BCUT2D eigenvalue weighted by Crippen LogP contribution is -2.44. The monoisotopic (exact) mass is 278 g/mol. The number of benzene rings is 1. The van der Waals surface area contributed by atoms with Crippen LogP contribution >= 0.6 is 0 Å². The minimum atomic E-state index is -0.138. The summed E-state index contributed by atoms with van der Waals surface area (Å²) in [6.07, 6.45) is 0.755. The Balaban J connectivity index is 1.42. The number of hydrogen-bond donors (Lipinski definition) is 4. The van der Waals surface area contributed by atoms with Crippen molar-refractivity contribution < 1.29 is 14.3 Å². The van der Waals surface area contributed by atoms with Gasteiger partial charge in [0.15, 0.2) is 11.5 Å². The highest BCUT2D eigenvalue weighted by Crippen LogP contribution is 2.32. The number of fused-ring (bicyclic) bond motifs is 1. The van der Waals surface area contributed by atoms with E-state index in [1.165, 1.54) is 0 Å². The zero-order valence-corrected chi connectivity index (χ0v) is 11.1. The van der Waals surface area contributed by atoms with Crippen molar-refractivity contribution in [1.29, 1.82) is 0 Å². The van der Waals surface area contributed by atoms with E-state index in [1.807, 2.05) is 18.2 Å². The van der Waals surface area contributed by atoms with Crippen LogP contribution in [0, 0.1) is 0 Å². The van der Waals surface area contributed by atoms with Crippen molar-refractivity contribution in [2.24, 2.45) is 0 Å². The van der Waals surface area contributed by atoms with Gasteiger partial charge >= 0.3 is 6.03 Å². The summed E-state index contributed by atoms with van der Waals surface area (Å²) < 4.78 is 10.6. The van der Waals surface area contributed by atoms with Gasteiger partial charge in [-0.05, 0) is 24.1 Å². The summed E-state index contributed by atoms with van der Waals surface area (Å²) in [6.45, 7) is 2.35. The maximum Gasteiger partial charge on any atom is 0.315 e. The van der Waals surface area contributed by atoms with Crippen molar-refractivity contribution in [1.82, 2.24) is 21.5 Å². The predicted molar refractivity (Wildman–Crippen MR) is 72.6 cm³/mol. The lowest BCUT2D eigenvalue weighted by molar-refractivity contribution is 0.174. The quantitative estimate of drug-likeness (QED) is 0.609. The minimum Gasteiger partial charge on any atom is -0.454 e. The van der Waals surface area contributed by atoms with Crippen molar-refractivity contribution in [2.75, 3.05) is 26.4 Å². The molecule has 0 unspecified atom stereocenters. The van der Waals surface area contributed by atoms with Crippen molar-refractivity contribution in [3.05, 3.63) is 23.8 Å². The smallest absolute Gasteiger partial charge is 0.315 e. The fraction of sp³-hybridized carbons (Fsp3) is 0.462. The van der Waals surface area contributed by atoms with E-state index in [9.17, 15) is 4.79 Å². The SMILES string of the molecule is O=C(NCCc1ccc2c(c1)OCO2)NC1CNNC1. The maximum atomic E-state index is 11.7. The zero-order chi connectivity index (χ0) is 13.8. The number of carbonyl (C=O) groups is 1. The van der Waals surface area contributed by atoms with E-state index in [4.69, 9.17) is 9.47 Å². The Bertz CT molecular complexity index is 489. The van der Waals surface area contributed by atoms with Crippen LogP contribution in [-0.4, -0.2) is 38.5 Å². The molecule has 0 aliphatic carbocycles. The molecule has 4 N–H and O–H groups in total. The van der Waals surface area contributed by atoms with Gasteiger partial charge in [-0.1, -0.05) is 6.07 Å². The molecule has 2 aliphatic heterocycles. The molecule has 1 saturated heterocycles. The third kappa shape index (κ3) is 3.12. The lowest BCUT2D eigenvalue weighted by Gasteiger charge is -2.11. The molecule has 20 heavy (non-hydrogen) atoms. The van der Waals surface area contributed by atoms with Crippen LogP contribution in [0.5, 0.6) is 11.5 Å². The molecular weight excluding hydrogens is 260 g/mol. The molecule has 7 nitrogen and oxygen atoms in total. The molecule has 1 fully saturated rings. The number of amides is 2. The Morgan fingerprint density at radius 3 is 2.90 bits per heavy atom. The molecule has 2 aliphatic rings. The van der Waals surface area contributed by atoms with Gasteiger partial charge in [-0.2, -0.15) is 0 Å². The second-order valence-corrected chi connectivity index (χ2v) is 4.80. The van der Waals surface area contributed by atoms with Crippen LogP contribution in [0.25, 0.3) is 0 Å². The molecule has 0 aromatic heterocycles. The molecule has 1 aromatic rings. The molecule has 0 spiro atoms. The van der Waals surface area contributed by atoms with Crippen molar-refractivity contribution >= 4 is 6.03 Å². The van der Waals surface area contributed by atoms with Gasteiger partial charge in [0.1, 0.15) is 0 Å². The van der Waals surface area contributed by atoms with E-state index in [1.54, 1.807) is 0 Å². The average Bonchev–Trinajstić information content (AvgIpc) is 3.09. The van der Waals surface area contributed by atoms with Gasteiger partial charge in [-0.25, -0.2) is 4.79 Å². The van der Waals surface area contributed by atoms with Gasteiger partial charge < -0.3 is 20.1 Å². The summed E-state index contributed by atoms with van der Waals surface area (Å²) in [5.41, 5.74) is 7.04.